The highest BCUT2D eigenvalue weighted by molar-refractivity contribution is 5.77. The van der Waals surface area contributed by atoms with Gasteiger partial charge in [-0.05, 0) is 49.9 Å². The number of fused-ring (bicyclic) bond motifs is 2. The Morgan fingerprint density at radius 3 is 2.64 bits per heavy atom. The highest BCUT2D eigenvalue weighted by atomic mass is 16.5. The zero-order valence-corrected chi connectivity index (χ0v) is 16.4. The normalized spacial score (nSPS) is 23.5. The van der Waals surface area contributed by atoms with E-state index in [1.54, 1.807) is 12.4 Å². The summed E-state index contributed by atoms with van der Waals surface area (Å²) in [5.74, 6) is 1.97. The molecule has 2 atom stereocenters. The van der Waals surface area contributed by atoms with Crippen LogP contribution in [0, 0.1) is 0 Å². The molecule has 0 saturated carbocycles. The number of aromatic nitrogens is 1. The van der Waals surface area contributed by atoms with Crippen molar-refractivity contribution in [1.82, 2.24) is 9.88 Å². The van der Waals surface area contributed by atoms with E-state index in [9.17, 15) is 4.79 Å². The van der Waals surface area contributed by atoms with Gasteiger partial charge in [0, 0.05) is 37.5 Å². The Balaban J connectivity index is 1.35. The fraction of sp³-hybridized carbons (Fsp3) is 0.478. The van der Waals surface area contributed by atoms with E-state index in [4.69, 9.17) is 9.47 Å². The molecule has 4 rings (SSSR count). The van der Waals surface area contributed by atoms with E-state index >= 15 is 0 Å². The Bertz CT molecular complexity index is 781. The molecule has 0 spiro atoms. The number of benzene rings is 1. The Kier molecular flexibility index (Phi) is 5.79. The third-order valence-electron chi connectivity index (χ3n) is 5.80. The lowest BCUT2D eigenvalue weighted by Gasteiger charge is -2.39. The molecule has 5 heteroatoms. The van der Waals surface area contributed by atoms with Crippen molar-refractivity contribution in [2.75, 3.05) is 6.61 Å². The summed E-state index contributed by atoms with van der Waals surface area (Å²) in [6.07, 6.45) is 8.92. The van der Waals surface area contributed by atoms with Crippen molar-refractivity contribution in [3.8, 4) is 11.5 Å². The van der Waals surface area contributed by atoms with Gasteiger partial charge in [-0.15, -0.1) is 0 Å². The fourth-order valence-electron chi connectivity index (χ4n) is 4.62. The van der Waals surface area contributed by atoms with Crippen LogP contribution in [-0.2, 0) is 11.2 Å². The molecule has 1 aromatic heterocycles. The summed E-state index contributed by atoms with van der Waals surface area (Å²) in [4.78, 5) is 19.3. The van der Waals surface area contributed by atoms with Crippen LogP contribution in [0.1, 0.15) is 44.6 Å². The molecule has 5 nitrogen and oxygen atoms in total. The minimum Gasteiger partial charge on any atom is -0.494 e. The van der Waals surface area contributed by atoms with Gasteiger partial charge in [0.1, 0.15) is 17.6 Å². The number of pyridine rings is 1. The molecule has 2 fully saturated rings. The van der Waals surface area contributed by atoms with Crippen LogP contribution in [0.5, 0.6) is 11.5 Å². The van der Waals surface area contributed by atoms with Gasteiger partial charge < -0.3 is 14.4 Å². The second-order valence-electron chi connectivity index (χ2n) is 7.63. The molecule has 2 aliphatic heterocycles. The highest BCUT2D eigenvalue weighted by Gasteiger charge is 2.43. The van der Waals surface area contributed by atoms with Gasteiger partial charge in [0.25, 0.3) is 0 Å². The molecule has 2 saturated heterocycles. The minimum atomic E-state index is 0.171. The van der Waals surface area contributed by atoms with Crippen molar-refractivity contribution in [3.05, 3.63) is 54.4 Å². The van der Waals surface area contributed by atoms with Gasteiger partial charge in [0.2, 0.25) is 5.91 Å². The molecule has 2 aliphatic rings. The summed E-state index contributed by atoms with van der Waals surface area (Å²) < 4.78 is 11.8. The van der Waals surface area contributed by atoms with Crippen molar-refractivity contribution in [3.63, 3.8) is 0 Å². The lowest BCUT2D eigenvalue weighted by molar-refractivity contribution is -0.137. The predicted octanol–water partition coefficient (Wildman–Crippen LogP) is 4.01. The molecule has 2 unspecified atom stereocenters. The molecule has 0 N–H and O–H groups in total. The number of amides is 1. The van der Waals surface area contributed by atoms with E-state index in [1.807, 2.05) is 37.3 Å². The van der Waals surface area contributed by atoms with Crippen LogP contribution >= 0.6 is 0 Å². The molecule has 0 aliphatic carbocycles. The summed E-state index contributed by atoms with van der Waals surface area (Å²) >= 11 is 0. The Labute approximate surface area is 166 Å². The van der Waals surface area contributed by atoms with E-state index in [0.29, 0.717) is 25.1 Å². The molecule has 0 radical (unpaired) electrons. The molecule has 28 heavy (non-hydrogen) atoms. The highest BCUT2D eigenvalue weighted by Crippen LogP contribution is 2.38. The monoisotopic (exact) mass is 380 g/mol. The maximum Gasteiger partial charge on any atom is 0.223 e. The summed E-state index contributed by atoms with van der Waals surface area (Å²) in [7, 11) is 0. The van der Waals surface area contributed by atoms with Crippen molar-refractivity contribution < 1.29 is 14.3 Å². The summed E-state index contributed by atoms with van der Waals surface area (Å²) in [6.45, 7) is 2.62. The summed E-state index contributed by atoms with van der Waals surface area (Å²) in [5.41, 5.74) is 1.11. The predicted molar refractivity (Wildman–Crippen MR) is 107 cm³/mol. The third-order valence-corrected chi connectivity index (χ3v) is 5.80. The van der Waals surface area contributed by atoms with Crippen LogP contribution in [0.2, 0.25) is 0 Å². The first-order valence-corrected chi connectivity index (χ1v) is 10.3. The number of ether oxygens (including phenoxy) is 2. The van der Waals surface area contributed by atoms with Gasteiger partial charge in [-0.3, -0.25) is 9.78 Å². The van der Waals surface area contributed by atoms with Crippen molar-refractivity contribution in [2.45, 2.75) is 63.6 Å². The Hall–Kier alpha value is -2.56. The third kappa shape index (κ3) is 4.13. The second-order valence-corrected chi connectivity index (χ2v) is 7.63. The molecule has 2 bridgehead atoms. The first-order valence-electron chi connectivity index (χ1n) is 10.3. The van der Waals surface area contributed by atoms with Crippen LogP contribution in [0.3, 0.4) is 0 Å². The number of carbonyl (C=O) groups is 1. The smallest absolute Gasteiger partial charge is 0.223 e. The van der Waals surface area contributed by atoms with E-state index in [1.165, 1.54) is 0 Å². The lowest BCUT2D eigenvalue weighted by Crippen LogP contribution is -2.49. The van der Waals surface area contributed by atoms with Crippen LogP contribution < -0.4 is 9.47 Å². The average molecular weight is 380 g/mol. The summed E-state index contributed by atoms with van der Waals surface area (Å²) in [6, 6.07) is 12.5. The molecule has 2 aromatic rings. The molecular formula is C23H28N2O3. The van der Waals surface area contributed by atoms with Crippen molar-refractivity contribution in [1.29, 1.82) is 0 Å². The number of piperidine rings is 1. The first kappa shape index (κ1) is 18.8. The van der Waals surface area contributed by atoms with Crippen LogP contribution in [0.15, 0.2) is 48.8 Å². The van der Waals surface area contributed by atoms with E-state index in [2.05, 4.69) is 16.0 Å². The van der Waals surface area contributed by atoms with Crippen molar-refractivity contribution >= 4 is 5.91 Å². The molecule has 3 heterocycles. The Morgan fingerprint density at radius 2 is 1.93 bits per heavy atom. The van der Waals surface area contributed by atoms with E-state index in [-0.39, 0.29) is 12.0 Å². The molecule has 148 valence electrons. The average Bonchev–Trinajstić information content (AvgIpc) is 2.99. The van der Waals surface area contributed by atoms with Crippen molar-refractivity contribution in [2.24, 2.45) is 0 Å². The number of aryl methyl sites for hydroxylation is 1. The quantitative estimate of drug-likeness (QED) is 0.728. The minimum absolute atomic E-state index is 0.171. The molecule has 1 amide bonds. The molecular weight excluding hydrogens is 352 g/mol. The number of para-hydroxylation sites is 1. The maximum atomic E-state index is 13.0. The van der Waals surface area contributed by atoms with Gasteiger partial charge in [0.05, 0.1) is 12.8 Å². The topological polar surface area (TPSA) is 51.7 Å². The largest absolute Gasteiger partial charge is 0.494 e. The van der Waals surface area contributed by atoms with Gasteiger partial charge in [-0.1, -0.05) is 18.2 Å². The Morgan fingerprint density at radius 1 is 1.14 bits per heavy atom. The second kappa shape index (κ2) is 8.63. The standard InChI is InChI=1S/C23H28N2O3/c1-2-27-22-8-4-3-6-17(22)9-12-23(26)25-18-10-11-19(25)15-21(14-18)28-20-7-5-13-24-16-20/h3-8,13,16,18-19,21H,2,9-12,14-15H2,1H3. The van der Waals surface area contributed by atoms with Crippen LogP contribution in [-0.4, -0.2) is 40.6 Å². The number of hydrogen-bond acceptors (Lipinski definition) is 4. The molecule has 1 aromatic carbocycles. The lowest BCUT2D eigenvalue weighted by atomic mass is 9.98. The SMILES string of the molecule is CCOc1ccccc1CCC(=O)N1C2CCC1CC(Oc1cccnc1)C2. The zero-order chi connectivity index (χ0) is 19.3. The number of carbonyl (C=O) groups excluding carboxylic acids is 1. The number of rotatable bonds is 7. The van der Waals surface area contributed by atoms with E-state index in [0.717, 1.165) is 49.2 Å². The van der Waals surface area contributed by atoms with Crippen LogP contribution in [0.25, 0.3) is 0 Å². The van der Waals surface area contributed by atoms with Crippen LogP contribution in [0.4, 0.5) is 0 Å². The van der Waals surface area contributed by atoms with Gasteiger partial charge in [-0.25, -0.2) is 0 Å². The zero-order valence-electron chi connectivity index (χ0n) is 16.4. The number of hydrogen-bond donors (Lipinski definition) is 0. The van der Waals surface area contributed by atoms with Gasteiger partial charge in [0.15, 0.2) is 0 Å². The van der Waals surface area contributed by atoms with Gasteiger partial charge in [-0.2, -0.15) is 0 Å². The summed E-state index contributed by atoms with van der Waals surface area (Å²) in [5, 5.41) is 0. The first-order chi connectivity index (χ1) is 13.7. The fourth-order valence-corrected chi connectivity index (χ4v) is 4.62. The van der Waals surface area contributed by atoms with E-state index < -0.39 is 0 Å². The van der Waals surface area contributed by atoms with Gasteiger partial charge >= 0.3 is 0 Å². The maximum absolute atomic E-state index is 13.0. The number of nitrogens with zero attached hydrogens (tertiary/aromatic N) is 2.